The highest BCUT2D eigenvalue weighted by Gasteiger charge is 2.22. The van der Waals surface area contributed by atoms with Crippen molar-refractivity contribution in [3.63, 3.8) is 0 Å². The maximum atomic E-state index is 12.3. The number of pyridine rings is 1. The number of carbonyl (C=O) groups is 1. The third-order valence-corrected chi connectivity index (χ3v) is 5.82. The lowest BCUT2D eigenvalue weighted by atomic mass is 9.93. The van der Waals surface area contributed by atoms with Crippen molar-refractivity contribution in [2.75, 3.05) is 36.5 Å². The zero-order chi connectivity index (χ0) is 19.9. The van der Waals surface area contributed by atoms with Crippen molar-refractivity contribution in [1.29, 1.82) is 0 Å². The predicted molar refractivity (Wildman–Crippen MR) is 115 cm³/mol. The molecule has 1 amide bonds. The zero-order valence-corrected chi connectivity index (χ0v) is 16.8. The number of ether oxygens (including phenoxy) is 1. The Balaban J connectivity index is 1.23. The first-order chi connectivity index (χ1) is 14.3. The minimum Gasteiger partial charge on any atom is -0.490 e. The van der Waals surface area contributed by atoms with E-state index in [1.165, 1.54) is 12.8 Å². The number of benzene rings is 1. The van der Waals surface area contributed by atoms with E-state index in [4.69, 9.17) is 4.74 Å². The summed E-state index contributed by atoms with van der Waals surface area (Å²) in [5, 5.41) is 6.44. The highest BCUT2D eigenvalue weighted by Crippen LogP contribution is 2.27. The molecule has 6 nitrogen and oxygen atoms in total. The van der Waals surface area contributed by atoms with Gasteiger partial charge in [0.25, 0.3) is 0 Å². The average molecular weight is 395 g/mol. The summed E-state index contributed by atoms with van der Waals surface area (Å²) in [6.07, 6.45) is 8.71. The summed E-state index contributed by atoms with van der Waals surface area (Å²) in [6.45, 7) is 3.67. The molecule has 1 aromatic carbocycles. The van der Waals surface area contributed by atoms with Gasteiger partial charge in [-0.2, -0.15) is 0 Å². The number of rotatable bonds is 7. The Hall–Kier alpha value is -2.60. The molecule has 154 valence electrons. The van der Waals surface area contributed by atoms with Crippen LogP contribution < -0.4 is 20.3 Å². The summed E-state index contributed by atoms with van der Waals surface area (Å²) in [6, 6.07) is 12.2. The summed E-state index contributed by atoms with van der Waals surface area (Å²) in [7, 11) is 0. The molecule has 2 aromatic rings. The van der Waals surface area contributed by atoms with Crippen LogP contribution in [-0.2, 0) is 4.79 Å². The summed E-state index contributed by atoms with van der Waals surface area (Å²) >= 11 is 0. The molecule has 0 aliphatic carbocycles. The zero-order valence-electron chi connectivity index (χ0n) is 16.8. The van der Waals surface area contributed by atoms with Crippen LogP contribution in [0.2, 0.25) is 0 Å². The van der Waals surface area contributed by atoms with Crippen molar-refractivity contribution in [1.82, 2.24) is 10.3 Å². The van der Waals surface area contributed by atoms with Gasteiger partial charge in [0, 0.05) is 37.3 Å². The van der Waals surface area contributed by atoms with E-state index in [1.807, 2.05) is 36.5 Å². The topological polar surface area (TPSA) is 66.5 Å². The van der Waals surface area contributed by atoms with Crippen molar-refractivity contribution in [2.24, 2.45) is 5.92 Å². The molecule has 1 aromatic heterocycles. The Morgan fingerprint density at radius 1 is 1.17 bits per heavy atom. The number of aromatic nitrogens is 1. The Morgan fingerprint density at radius 2 is 2.00 bits per heavy atom. The second-order valence-corrected chi connectivity index (χ2v) is 8.03. The summed E-state index contributed by atoms with van der Waals surface area (Å²) < 4.78 is 5.95. The van der Waals surface area contributed by atoms with E-state index >= 15 is 0 Å². The molecule has 1 unspecified atom stereocenters. The second kappa shape index (κ2) is 9.74. The SMILES string of the molecule is O=C(CC1CCN(c2cncc(OCC3CCCN3)c2)CC1)Nc1ccccc1. The van der Waals surface area contributed by atoms with Gasteiger partial charge < -0.3 is 20.3 Å². The van der Waals surface area contributed by atoms with Crippen molar-refractivity contribution in [3.8, 4) is 5.75 Å². The number of nitrogens with one attached hydrogen (secondary N) is 2. The van der Waals surface area contributed by atoms with E-state index in [1.54, 1.807) is 6.20 Å². The lowest BCUT2D eigenvalue weighted by Crippen LogP contribution is -2.35. The Morgan fingerprint density at radius 3 is 2.76 bits per heavy atom. The van der Waals surface area contributed by atoms with E-state index in [-0.39, 0.29) is 5.91 Å². The van der Waals surface area contributed by atoms with Crippen LogP contribution in [0.25, 0.3) is 0 Å². The van der Waals surface area contributed by atoms with E-state index in [0.717, 1.165) is 49.6 Å². The molecular weight excluding hydrogens is 364 g/mol. The molecule has 6 heteroatoms. The van der Waals surface area contributed by atoms with Gasteiger partial charge in [-0.15, -0.1) is 0 Å². The van der Waals surface area contributed by atoms with E-state index in [2.05, 4.69) is 26.6 Å². The molecule has 2 fully saturated rings. The van der Waals surface area contributed by atoms with Gasteiger partial charge in [0.15, 0.2) is 0 Å². The highest BCUT2D eigenvalue weighted by molar-refractivity contribution is 5.90. The molecule has 2 aliphatic rings. The summed E-state index contributed by atoms with van der Waals surface area (Å²) in [4.78, 5) is 19.0. The fraction of sp³-hybridized carbons (Fsp3) is 0.478. The lowest BCUT2D eigenvalue weighted by Gasteiger charge is -2.33. The predicted octanol–water partition coefficient (Wildman–Crippen LogP) is 3.46. The quantitative estimate of drug-likeness (QED) is 0.753. The Kier molecular flexibility index (Phi) is 6.62. The molecule has 0 spiro atoms. The number of piperidine rings is 1. The van der Waals surface area contributed by atoms with Crippen LogP contribution in [0.3, 0.4) is 0 Å². The van der Waals surface area contributed by atoms with Crippen LogP contribution in [0.4, 0.5) is 11.4 Å². The van der Waals surface area contributed by atoms with Gasteiger partial charge in [-0.3, -0.25) is 9.78 Å². The second-order valence-electron chi connectivity index (χ2n) is 8.03. The molecule has 29 heavy (non-hydrogen) atoms. The van der Waals surface area contributed by atoms with Crippen molar-refractivity contribution in [2.45, 2.75) is 38.1 Å². The van der Waals surface area contributed by atoms with Gasteiger partial charge in [-0.1, -0.05) is 18.2 Å². The normalized spacial score (nSPS) is 19.9. The highest BCUT2D eigenvalue weighted by atomic mass is 16.5. The van der Waals surface area contributed by atoms with Crippen molar-refractivity contribution >= 4 is 17.3 Å². The van der Waals surface area contributed by atoms with Crippen LogP contribution in [0.5, 0.6) is 5.75 Å². The van der Waals surface area contributed by atoms with Crippen molar-refractivity contribution < 1.29 is 9.53 Å². The molecule has 0 bridgehead atoms. The van der Waals surface area contributed by atoms with Crippen LogP contribution in [0, 0.1) is 5.92 Å². The number of para-hydroxylation sites is 1. The monoisotopic (exact) mass is 394 g/mol. The lowest BCUT2D eigenvalue weighted by molar-refractivity contribution is -0.117. The smallest absolute Gasteiger partial charge is 0.224 e. The first kappa shape index (κ1) is 19.7. The Labute approximate surface area is 172 Å². The van der Waals surface area contributed by atoms with Gasteiger partial charge >= 0.3 is 0 Å². The molecule has 0 saturated carbocycles. The third-order valence-electron chi connectivity index (χ3n) is 5.82. The molecule has 3 heterocycles. The molecule has 4 rings (SSSR count). The first-order valence-electron chi connectivity index (χ1n) is 10.7. The molecular formula is C23H30N4O2. The number of nitrogens with zero attached hydrogens (tertiary/aromatic N) is 2. The largest absolute Gasteiger partial charge is 0.490 e. The van der Waals surface area contributed by atoms with E-state index < -0.39 is 0 Å². The molecule has 2 saturated heterocycles. The Bertz CT molecular complexity index is 784. The van der Waals surface area contributed by atoms with Crippen LogP contribution in [-0.4, -0.2) is 43.2 Å². The van der Waals surface area contributed by atoms with Gasteiger partial charge in [-0.25, -0.2) is 0 Å². The van der Waals surface area contributed by atoms with Crippen LogP contribution in [0.15, 0.2) is 48.8 Å². The third kappa shape index (κ3) is 5.70. The first-order valence-corrected chi connectivity index (χ1v) is 10.7. The number of anilines is 2. The van der Waals surface area contributed by atoms with E-state index in [9.17, 15) is 4.79 Å². The minimum atomic E-state index is 0.104. The maximum Gasteiger partial charge on any atom is 0.224 e. The van der Waals surface area contributed by atoms with Crippen LogP contribution in [0.1, 0.15) is 32.1 Å². The molecule has 1 atom stereocenters. The van der Waals surface area contributed by atoms with Gasteiger partial charge in [0.1, 0.15) is 12.4 Å². The number of amides is 1. The van der Waals surface area contributed by atoms with E-state index in [0.29, 0.717) is 25.0 Å². The van der Waals surface area contributed by atoms with Crippen LogP contribution >= 0.6 is 0 Å². The number of hydrogen-bond donors (Lipinski definition) is 2. The number of hydrogen-bond acceptors (Lipinski definition) is 5. The summed E-state index contributed by atoms with van der Waals surface area (Å²) in [5.41, 5.74) is 1.97. The van der Waals surface area contributed by atoms with Gasteiger partial charge in [-0.05, 0) is 50.3 Å². The fourth-order valence-electron chi connectivity index (χ4n) is 4.15. The average Bonchev–Trinajstić information content (AvgIpc) is 3.27. The van der Waals surface area contributed by atoms with Gasteiger partial charge in [0.05, 0.1) is 18.1 Å². The summed E-state index contributed by atoms with van der Waals surface area (Å²) in [5.74, 6) is 1.36. The molecule has 0 radical (unpaired) electrons. The fourth-order valence-corrected chi connectivity index (χ4v) is 4.15. The van der Waals surface area contributed by atoms with Crippen molar-refractivity contribution in [3.05, 3.63) is 48.8 Å². The molecule has 2 aliphatic heterocycles. The molecule has 2 N–H and O–H groups in total. The van der Waals surface area contributed by atoms with Gasteiger partial charge in [0.2, 0.25) is 5.91 Å². The minimum absolute atomic E-state index is 0.104. The standard InChI is InChI=1S/C23H30N4O2/c28-23(26-19-5-2-1-3-6-19)13-18-8-11-27(12-9-18)21-14-22(16-24-15-21)29-17-20-7-4-10-25-20/h1-3,5-6,14-16,18,20,25H,4,7-13,17H2,(H,26,28). The number of carbonyl (C=O) groups excluding carboxylic acids is 1. The maximum absolute atomic E-state index is 12.3.